The molecule has 0 aromatic heterocycles. The van der Waals surface area contributed by atoms with Crippen molar-refractivity contribution in [3.05, 3.63) is 42.0 Å². The van der Waals surface area contributed by atoms with Gasteiger partial charge < -0.3 is 15.3 Å². The van der Waals surface area contributed by atoms with E-state index in [2.05, 4.69) is 0 Å². The monoisotopic (exact) mass is 294 g/mol. The lowest BCUT2D eigenvalue weighted by molar-refractivity contribution is -0.116. The van der Waals surface area contributed by atoms with E-state index in [-0.39, 0.29) is 17.5 Å². The summed E-state index contributed by atoms with van der Waals surface area (Å²) in [6.07, 6.45) is 0.193. The van der Waals surface area contributed by atoms with Gasteiger partial charge in [-0.25, -0.2) is 0 Å². The van der Waals surface area contributed by atoms with Crippen LogP contribution in [0.15, 0.2) is 36.4 Å². The van der Waals surface area contributed by atoms with Crippen molar-refractivity contribution in [2.45, 2.75) is 30.0 Å². The number of benzene rings is 1. The Balaban J connectivity index is 1.90. The Bertz CT molecular complexity index is 474. The van der Waals surface area contributed by atoms with Crippen LogP contribution in [-0.4, -0.2) is 50.4 Å². The van der Waals surface area contributed by atoms with Crippen LogP contribution in [-0.2, 0) is 4.79 Å². The Kier molecular flexibility index (Phi) is 5.37. The molecule has 4 atom stereocenters. The molecule has 1 aliphatic heterocycles. The van der Waals surface area contributed by atoms with Crippen molar-refractivity contribution in [1.82, 2.24) is 0 Å². The predicted octanol–water partition coefficient (Wildman–Crippen LogP) is 0.857. The quantitative estimate of drug-likeness (QED) is 0.718. The Morgan fingerprint density at radius 3 is 2.60 bits per heavy atom. The summed E-state index contributed by atoms with van der Waals surface area (Å²) in [5.74, 6) is 0.229. The van der Waals surface area contributed by atoms with Gasteiger partial charge in [0, 0.05) is 17.4 Å². The van der Waals surface area contributed by atoms with Crippen LogP contribution in [0.1, 0.15) is 12.0 Å². The topological polar surface area (TPSA) is 77.8 Å². The summed E-state index contributed by atoms with van der Waals surface area (Å²) in [6, 6.07) is 9.48. The average Bonchev–Trinajstić information content (AvgIpc) is 2.47. The predicted molar refractivity (Wildman–Crippen MR) is 79.4 cm³/mol. The molecule has 1 fully saturated rings. The fourth-order valence-electron chi connectivity index (χ4n) is 2.07. The van der Waals surface area contributed by atoms with Crippen molar-refractivity contribution in [2.75, 3.05) is 5.75 Å². The number of aliphatic hydroxyl groups is 3. The lowest BCUT2D eigenvalue weighted by Gasteiger charge is -2.34. The molecule has 5 heteroatoms. The Labute approximate surface area is 122 Å². The fourth-order valence-corrected chi connectivity index (χ4v) is 3.35. The number of aliphatic hydroxyl groups excluding tert-OH is 3. The minimum absolute atomic E-state index is 0.103. The Morgan fingerprint density at radius 1 is 1.20 bits per heavy atom. The molecule has 3 N–H and O–H groups in total. The van der Waals surface area contributed by atoms with Gasteiger partial charge in [0.15, 0.2) is 5.78 Å². The van der Waals surface area contributed by atoms with Gasteiger partial charge in [0.2, 0.25) is 0 Å². The number of rotatable bonds is 4. The summed E-state index contributed by atoms with van der Waals surface area (Å²) >= 11 is 1.32. The highest BCUT2D eigenvalue weighted by Gasteiger charge is 2.37. The molecule has 1 aromatic rings. The third kappa shape index (κ3) is 3.93. The van der Waals surface area contributed by atoms with E-state index in [9.17, 15) is 20.1 Å². The molecule has 0 saturated carbocycles. The van der Waals surface area contributed by atoms with Gasteiger partial charge in [-0.05, 0) is 11.6 Å². The number of hydrogen-bond acceptors (Lipinski definition) is 5. The average molecular weight is 294 g/mol. The first kappa shape index (κ1) is 15.3. The largest absolute Gasteiger partial charge is 0.389 e. The number of allylic oxidation sites excluding steroid dienone is 1. The number of ketones is 1. The minimum Gasteiger partial charge on any atom is -0.389 e. The molecule has 108 valence electrons. The molecule has 20 heavy (non-hydrogen) atoms. The van der Waals surface area contributed by atoms with Gasteiger partial charge in [0.05, 0.1) is 12.2 Å². The zero-order valence-corrected chi connectivity index (χ0v) is 11.7. The normalized spacial score (nSPS) is 30.6. The van der Waals surface area contributed by atoms with Crippen molar-refractivity contribution >= 4 is 23.6 Å². The molecule has 0 unspecified atom stereocenters. The van der Waals surface area contributed by atoms with Crippen molar-refractivity contribution in [3.63, 3.8) is 0 Å². The van der Waals surface area contributed by atoms with E-state index in [1.165, 1.54) is 17.8 Å². The molecule has 0 spiro atoms. The van der Waals surface area contributed by atoms with Crippen molar-refractivity contribution < 1.29 is 20.1 Å². The smallest absolute Gasteiger partial charge is 0.156 e. The van der Waals surface area contributed by atoms with Gasteiger partial charge in [0.25, 0.3) is 0 Å². The first-order chi connectivity index (χ1) is 9.58. The Hall–Kier alpha value is -1.14. The molecule has 1 saturated heterocycles. The van der Waals surface area contributed by atoms with E-state index in [1.807, 2.05) is 30.3 Å². The van der Waals surface area contributed by atoms with Crippen molar-refractivity contribution in [3.8, 4) is 0 Å². The summed E-state index contributed by atoms with van der Waals surface area (Å²) in [6.45, 7) is 0. The van der Waals surface area contributed by atoms with E-state index in [4.69, 9.17) is 0 Å². The molecule has 0 radical (unpaired) electrons. The summed E-state index contributed by atoms with van der Waals surface area (Å²) in [4.78, 5) is 11.9. The fraction of sp³-hybridized carbons (Fsp3) is 0.400. The first-order valence-electron chi connectivity index (χ1n) is 6.49. The van der Waals surface area contributed by atoms with Crippen LogP contribution < -0.4 is 0 Å². The van der Waals surface area contributed by atoms with Crippen LogP contribution in [0.5, 0.6) is 0 Å². The third-order valence-electron chi connectivity index (χ3n) is 3.27. The summed E-state index contributed by atoms with van der Waals surface area (Å²) in [5.41, 5.74) is 0.938. The molecule has 1 heterocycles. The van der Waals surface area contributed by atoms with E-state index in [1.54, 1.807) is 6.08 Å². The number of carbonyl (C=O) groups is 1. The summed E-state index contributed by atoms with van der Waals surface area (Å²) in [7, 11) is 0. The third-order valence-corrected chi connectivity index (χ3v) is 4.68. The van der Waals surface area contributed by atoms with Gasteiger partial charge in [0.1, 0.15) is 6.10 Å². The number of thioether (sulfide) groups is 1. The van der Waals surface area contributed by atoms with Crippen LogP contribution in [0.25, 0.3) is 6.08 Å². The first-order valence-corrected chi connectivity index (χ1v) is 7.54. The van der Waals surface area contributed by atoms with Gasteiger partial charge in [-0.15, -0.1) is 0 Å². The van der Waals surface area contributed by atoms with E-state index in [0.29, 0.717) is 5.75 Å². The van der Waals surface area contributed by atoms with Crippen LogP contribution in [0.2, 0.25) is 0 Å². The maximum Gasteiger partial charge on any atom is 0.156 e. The van der Waals surface area contributed by atoms with Crippen LogP contribution >= 0.6 is 11.8 Å². The molecule has 0 aliphatic carbocycles. The SMILES string of the molecule is O=C(/C=C/c1ccccc1)C[C@@H]1SC[C@@H](O)[C@H](O)[C@H]1O. The molecule has 2 rings (SSSR count). The number of carbonyl (C=O) groups excluding carboxylic acids is 1. The lowest BCUT2D eigenvalue weighted by Crippen LogP contribution is -2.49. The van der Waals surface area contributed by atoms with Crippen LogP contribution in [0, 0.1) is 0 Å². The zero-order valence-electron chi connectivity index (χ0n) is 10.9. The lowest BCUT2D eigenvalue weighted by atomic mass is 10.0. The highest BCUT2D eigenvalue weighted by atomic mass is 32.2. The van der Waals surface area contributed by atoms with E-state index in [0.717, 1.165) is 5.56 Å². The van der Waals surface area contributed by atoms with Crippen LogP contribution in [0.4, 0.5) is 0 Å². The van der Waals surface area contributed by atoms with Crippen LogP contribution in [0.3, 0.4) is 0 Å². The van der Waals surface area contributed by atoms with Crippen molar-refractivity contribution in [2.24, 2.45) is 0 Å². The van der Waals surface area contributed by atoms with E-state index < -0.39 is 18.3 Å². The number of hydrogen-bond donors (Lipinski definition) is 3. The molecule has 0 bridgehead atoms. The molecular formula is C15H18O4S. The maximum absolute atomic E-state index is 11.9. The second-order valence-corrected chi connectivity index (χ2v) is 6.11. The molecule has 1 aliphatic rings. The molecule has 4 nitrogen and oxygen atoms in total. The zero-order chi connectivity index (χ0) is 14.5. The van der Waals surface area contributed by atoms with E-state index >= 15 is 0 Å². The van der Waals surface area contributed by atoms with Crippen molar-refractivity contribution in [1.29, 1.82) is 0 Å². The molecular weight excluding hydrogens is 276 g/mol. The summed E-state index contributed by atoms with van der Waals surface area (Å²) < 4.78 is 0. The molecule has 0 amide bonds. The van der Waals surface area contributed by atoms with Gasteiger partial charge in [-0.2, -0.15) is 11.8 Å². The summed E-state index contributed by atoms with van der Waals surface area (Å²) in [5, 5.41) is 28.5. The molecule has 1 aromatic carbocycles. The maximum atomic E-state index is 11.9. The van der Waals surface area contributed by atoms with Gasteiger partial charge in [-0.1, -0.05) is 36.4 Å². The second-order valence-electron chi connectivity index (χ2n) is 4.83. The van der Waals surface area contributed by atoms with Gasteiger partial charge in [-0.3, -0.25) is 4.79 Å². The Morgan fingerprint density at radius 2 is 1.90 bits per heavy atom. The highest BCUT2D eigenvalue weighted by Crippen LogP contribution is 2.29. The minimum atomic E-state index is -1.17. The second kappa shape index (κ2) is 7.04. The van der Waals surface area contributed by atoms with Gasteiger partial charge >= 0.3 is 0 Å². The highest BCUT2D eigenvalue weighted by molar-refractivity contribution is 8.00. The standard InChI is InChI=1S/C15H18O4S/c16-11(7-6-10-4-2-1-3-5-10)8-13-15(19)14(18)12(17)9-20-13/h1-7,12-15,17-19H,8-9H2/b7-6+/t12-,13+,14+,15+/m1/s1.